The Morgan fingerprint density at radius 3 is 2.47 bits per heavy atom. The largest absolute Gasteiger partial charge is 0.506 e. The molecule has 0 aliphatic carbocycles. The molecule has 1 amide bonds. The number of anilines is 1. The van der Waals surface area contributed by atoms with Crippen LogP contribution in [-0.2, 0) is 14.9 Å². The first-order valence-electron chi connectivity index (χ1n) is 3.89. The van der Waals surface area contributed by atoms with Crippen molar-refractivity contribution in [2.24, 2.45) is 0 Å². The van der Waals surface area contributed by atoms with Gasteiger partial charge in [0, 0.05) is 6.92 Å². The molecule has 0 radical (unpaired) electrons. The molecule has 0 aliphatic heterocycles. The Balaban J connectivity index is 3.40. The molecule has 0 saturated heterocycles. The Bertz CT molecular complexity index is 494. The molecule has 0 unspecified atom stereocenters. The van der Waals surface area contributed by atoms with Crippen molar-refractivity contribution in [2.45, 2.75) is 11.8 Å². The van der Waals surface area contributed by atoms with E-state index < -0.39 is 26.7 Å². The quantitative estimate of drug-likeness (QED) is 0.510. The maximum atomic E-state index is 10.9. The second-order valence-electron chi connectivity index (χ2n) is 2.81. The molecule has 1 aromatic rings. The van der Waals surface area contributed by atoms with Crippen LogP contribution in [0.25, 0.3) is 0 Å². The van der Waals surface area contributed by atoms with E-state index in [1.807, 2.05) is 0 Å². The molecule has 0 heterocycles. The third kappa shape index (κ3) is 2.67. The topological polar surface area (TPSA) is 104 Å². The van der Waals surface area contributed by atoms with Gasteiger partial charge in [-0.15, -0.1) is 0 Å². The molecule has 1 rings (SSSR count). The van der Waals surface area contributed by atoms with E-state index in [9.17, 15) is 18.3 Å². The number of hydrogen-bond acceptors (Lipinski definition) is 4. The molecule has 0 fully saturated rings. The SMILES string of the molecule is CC(=O)Nc1c(O)cccc1S(=O)(=O)O. The van der Waals surface area contributed by atoms with Crippen molar-refractivity contribution >= 4 is 21.7 Å². The number of benzene rings is 1. The number of phenols is 1. The van der Waals surface area contributed by atoms with Gasteiger partial charge in [-0.25, -0.2) is 0 Å². The molecular weight excluding hydrogens is 222 g/mol. The van der Waals surface area contributed by atoms with E-state index in [1.165, 1.54) is 12.1 Å². The Kier molecular flexibility index (Phi) is 2.96. The minimum atomic E-state index is -4.48. The lowest BCUT2D eigenvalue weighted by molar-refractivity contribution is -0.114. The van der Waals surface area contributed by atoms with E-state index in [0.717, 1.165) is 13.0 Å². The van der Waals surface area contributed by atoms with Crippen LogP contribution in [0.2, 0.25) is 0 Å². The molecule has 15 heavy (non-hydrogen) atoms. The number of para-hydroxylation sites is 1. The number of carbonyl (C=O) groups excluding carboxylic acids is 1. The van der Waals surface area contributed by atoms with Crippen molar-refractivity contribution < 1.29 is 22.9 Å². The summed E-state index contributed by atoms with van der Waals surface area (Å²) in [6.45, 7) is 1.15. The molecular formula is C8H9NO5S. The van der Waals surface area contributed by atoms with Crippen LogP contribution >= 0.6 is 0 Å². The summed E-state index contributed by atoms with van der Waals surface area (Å²) in [7, 11) is -4.48. The van der Waals surface area contributed by atoms with Crippen LogP contribution in [0.15, 0.2) is 23.1 Å². The molecule has 7 heteroatoms. The lowest BCUT2D eigenvalue weighted by atomic mass is 10.3. The van der Waals surface area contributed by atoms with Gasteiger partial charge in [-0.3, -0.25) is 9.35 Å². The molecule has 3 N–H and O–H groups in total. The zero-order valence-electron chi connectivity index (χ0n) is 7.76. The summed E-state index contributed by atoms with van der Waals surface area (Å²) < 4.78 is 30.6. The summed E-state index contributed by atoms with van der Waals surface area (Å²) in [6.07, 6.45) is 0. The van der Waals surface area contributed by atoms with E-state index in [-0.39, 0.29) is 5.69 Å². The van der Waals surface area contributed by atoms with E-state index >= 15 is 0 Å². The van der Waals surface area contributed by atoms with Gasteiger partial charge in [-0.2, -0.15) is 8.42 Å². The monoisotopic (exact) mass is 231 g/mol. The van der Waals surface area contributed by atoms with Gasteiger partial charge in [0.1, 0.15) is 16.3 Å². The van der Waals surface area contributed by atoms with Gasteiger partial charge in [-0.05, 0) is 12.1 Å². The van der Waals surface area contributed by atoms with Gasteiger partial charge in [0.15, 0.2) is 0 Å². The van der Waals surface area contributed by atoms with Crippen molar-refractivity contribution in [1.82, 2.24) is 0 Å². The summed E-state index contributed by atoms with van der Waals surface area (Å²) >= 11 is 0. The van der Waals surface area contributed by atoms with Gasteiger partial charge in [0.25, 0.3) is 10.1 Å². The van der Waals surface area contributed by atoms with Gasteiger partial charge in [0.2, 0.25) is 5.91 Å². The summed E-state index contributed by atoms with van der Waals surface area (Å²) in [5, 5.41) is 11.4. The third-order valence-electron chi connectivity index (χ3n) is 1.58. The average Bonchev–Trinajstić information content (AvgIpc) is 2.05. The zero-order valence-corrected chi connectivity index (χ0v) is 8.58. The molecule has 0 bridgehead atoms. The summed E-state index contributed by atoms with van der Waals surface area (Å²) in [4.78, 5) is 10.2. The number of hydrogen-bond donors (Lipinski definition) is 3. The fourth-order valence-electron chi connectivity index (χ4n) is 1.04. The van der Waals surface area contributed by atoms with Crippen molar-refractivity contribution in [2.75, 3.05) is 5.32 Å². The van der Waals surface area contributed by atoms with Crippen LogP contribution < -0.4 is 5.32 Å². The predicted octanol–water partition coefficient (Wildman–Crippen LogP) is 0.597. The highest BCUT2D eigenvalue weighted by Crippen LogP contribution is 2.30. The Morgan fingerprint density at radius 1 is 1.40 bits per heavy atom. The van der Waals surface area contributed by atoms with Gasteiger partial charge in [-0.1, -0.05) is 6.07 Å². The fraction of sp³-hybridized carbons (Fsp3) is 0.125. The third-order valence-corrected chi connectivity index (χ3v) is 2.48. The number of amides is 1. The fourth-order valence-corrected chi connectivity index (χ4v) is 1.70. The minimum Gasteiger partial charge on any atom is -0.506 e. The standard InChI is InChI=1S/C8H9NO5S/c1-5(10)9-8-6(11)3-2-4-7(8)15(12,13)14/h2-4,11H,1H3,(H,9,10)(H,12,13,14). The summed E-state index contributed by atoms with van der Waals surface area (Å²) in [5.41, 5.74) is -0.326. The lowest BCUT2D eigenvalue weighted by Gasteiger charge is -2.08. The normalized spacial score (nSPS) is 11.1. The molecule has 0 spiro atoms. The van der Waals surface area contributed by atoms with Gasteiger partial charge >= 0.3 is 0 Å². The zero-order chi connectivity index (χ0) is 11.6. The molecule has 0 atom stereocenters. The highest BCUT2D eigenvalue weighted by molar-refractivity contribution is 7.86. The first-order chi connectivity index (χ1) is 6.82. The number of carbonyl (C=O) groups is 1. The van der Waals surface area contributed by atoms with Crippen LogP contribution in [0.4, 0.5) is 5.69 Å². The summed E-state index contributed by atoms with van der Waals surface area (Å²) in [5.74, 6) is -0.985. The average molecular weight is 231 g/mol. The van der Waals surface area contributed by atoms with E-state index in [0.29, 0.717) is 0 Å². The molecule has 1 aromatic carbocycles. The van der Waals surface area contributed by atoms with E-state index in [2.05, 4.69) is 5.32 Å². The molecule has 82 valence electrons. The maximum Gasteiger partial charge on any atom is 0.296 e. The lowest BCUT2D eigenvalue weighted by Crippen LogP contribution is -2.10. The first-order valence-corrected chi connectivity index (χ1v) is 5.33. The number of nitrogens with one attached hydrogen (secondary N) is 1. The van der Waals surface area contributed by atoms with Crippen molar-refractivity contribution in [1.29, 1.82) is 0 Å². The highest BCUT2D eigenvalue weighted by Gasteiger charge is 2.18. The van der Waals surface area contributed by atoms with Crippen molar-refractivity contribution in [3.63, 3.8) is 0 Å². The number of phenolic OH excluding ortho intramolecular Hbond substituents is 1. The molecule has 0 aromatic heterocycles. The number of rotatable bonds is 2. The summed E-state index contributed by atoms with van der Waals surface area (Å²) in [6, 6.07) is 3.50. The van der Waals surface area contributed by atoms with Crippen LogP contribution in [0.5, 0.6) is 5.75 Å². The van der Waals surface area contributed by atoms with Crippen molar-refractivity contribution in [3.05, 3.63) is 18.2 Å². The smallest absolute Gasteiger partial charge is 0.296 e. The maximum absolute atomic E-state index is 10.9. The van der Waals surface area contributed by atoms with Crippen LogP contribution in [0.1, 0.15) is 6.92 Å². The van der Waals surface area contributed by atoms with E-state index in [4.69, 9.17) is 4.55 Å². The van der Waals surface area contributed by atoms with Gasteiger partial charge in [0.05, 0.1) is 0 Å². The highest BCUT2D eigenvalue weighted by atomic mass is 32.2. The van der Waals surface area contributed by atoms with Gasteiger partial charge < -0.3 is 10.4 Å². The van der Waals surface area contributed by atoms with Crippen molar-refractivity contribution in [3.8, 4) is 5.75 Å². The van der Waals surface area contributed by atoms with Crippen LogP contribution in [0, 0.1) is 0 Å². The minimum absolute atomic E-state index is 0.326. The number of aromatic hydroxyl groups is 1. The predicted molar refractivity (Wildman–Crippen MR) is 52.2 cm³/mol. The van der Waals surface area contributed by atoms with Crippen LogP contribution in [-0.4, -0.2) is 24.0 Å². The molecule has 0 aliphatic rings. The Morgan fingerprint density at radius 2 is 2.00 bits per heavy atom. The second kappa shape index (κ2) is 3.87. The van der Waals surface area contributed by atoms with E-state index in [1.54, 1.807) is 0 Å². The second-order valence-corrected chi connectivity index (χ2v) is 4.20. The molecule has 0 saturated carbocycles. The Labute approximate surface area is 86.3 Å². The Hall–Kier alpha value is -1.60. The first kappa shape index (κ1) is 11.5. The van der Waals surface area contributed by atoms with Crippen LogP contribution in [0.3, 0.4) is 0 Å². The molecule has 6 nitrogen and oxygen atoms in total.